The smallest absolute Gasteiger partial charge is 0.492 e. The first kappa shape index (κ1) is 22.2. The fraction of sp³-hybridized carbons (Fsp3) is 0.368. The molecule has 31 heavy (non-hydrogen) atoms. The van der Waals surface area contributed by atoms with Crippen LogP contribution in [0.2, 0.25) is 0 Å². The van der Waals surface area contributed by atoms with Gasteiger partial charge in [0.2, 0.25) is 11.9 Å². The van der Waals surface area contributed by atoms with E-state index in [-0.39, 0.29) is 42.4 Å². The van der Waals surface area contributed by atoms with Crippen LogP contribution >= 0.6 is 0 Å². The van der Waals surface area contributed by atoms with Crippen LogP contribution in [0.1, 0.15) is 29.0 Å². The average Bonchev–Trinajstić information content (AvgIpc) is 3.51. The summed E-state index contributed by atoms with van der Waals surface area (Å²) in [5, 5.41) is 5.11. The molecule has 1 aromatic heterocycles. The number of hydrogen-bond acceptors (Lipinski definition) is 6. The van der Waals surface area contributed by atoms with Gasteiger partial charge in [-0.2, -0.15) is 0 Å². The predicted octanol–water partition coefficient (Wildman–Crippen LogP) is 2.98. The molecular formula is C19H18F4N4O4. The molecule has 1 aromatic carbocycles. The minimum atomic E-state index is -5.01. The van der Waals surface area contributed by atoms with E-state index in [0.717, 1.165) is 31.0 Å². The molecule has 1 saturated carbocycles. The number of ether oxygens (including phenoxy) is 2. The second-order valence-corrected chi connectivity index (χ2v) is 6.73. The second kappa shape index (κ2) is 9.14. The summed E-state index contributed by atoms with van der Waals surface area (Å²) in [7, 11) is 0. The van der Waals surface area contributed by atoms with Crippen molar-refractivity contribution >= 4 is 17.8 Å². The number of rotatable bonds is 8. The molecule has 0 unspecified atom stereocenters. The lowest BCUT2D eigenvalue weighted by atomic mass is 10.3. The van der Waals surface area contributed by atoms with E-state index < -0.39 is 23.8 Å². The molecule has 0 bridgehead atoms. The zero-order chi connectivity index (χ0) is 22.6. The van der Waals surface area contributed by atoms with Gasteiger partial charge in [-0.05, 0) is 38.0 Å². The van der Waals surface area contributed by atoms with Gasteiger partial charge in [0.05, 0.1) is 6.54 Å². The second-order valence-electron chi connectivity index (χ2n) is 6.73. The first-order valence-electron chi connectivity index (χ1n) is 9.23. The van der Waals surface area contributed by atoms with Crippen molar-refractivity contribution in [3.05, 3.63) is 41.5 Å². The Balaban J connectivity index is 1.49. The van der Waals surface area contributed by atoms with Crippen LogP contribution in [0.4, 0.5) is 23.5 Å². The van der Waals surface area contributed by atoms with Crippen molar-refractivity contribution in [2.24, 2.45) is 5.92 Å². The van der Waals surface area contributed by atoms with Crippen LogP contribution in [0.25, 0.3) is 0 Å². The van der Waals surface area contributed by atoms with Crippen LogP contribution in [0.15, 0.2) is 24.3 Å². The van der Waals surface area contributed by atoms with E-state index in [1.54, 1.807) is 6.92 Å². The maximum atomic E-state index is 13.6. The van der Waals surface area contributed by atoms with Gasteiger partial charge in [-0.3, -0.25) is 14.9 Å². The van der Waals surface area contributed by atoms with Crippen molar-refractivity contribution in [3.63, 3.8) is 0 Å². The van der Waals surface area contributed by atoms with Crippen LogP contribution in [0, 0.1) is 18.7 Å². The Labute approximate surface area is 174 Å². The molecule has 0 spiro atoms. The van der Waals surface area contributed by atoms with Gasteiger partial charge in [-0.15, -0.1) is 13.2 Å². The maximum Gasteiger partial charge on any atom is 0.573 e. The van der Waals surface area contributed by atoms with E-state index in [9.17, 15) is 27.2 Å². The third-order valence-electron chi connectivity index (χ3n) is 4.06. The minimum absolute atomic E-state index is 0.00801. The standard InChI is InChI=1S/C19H18F4N4O4/c1-10-8-14(26-18(25-10)27-16(28)11-2-3-11)17(29)24-6-7-30-12-4-5-15(13(20)9-12)31-19(21,22)23/h4-5,8-9,11H,2-3,6-7H2,1H3,(H,24,29)(H,25,26,27,28). The van der Waals surface area contributed by atoms with Gasteiger partial charge in [0, 0.05) is 17.7 Å². The Morgan fingerprint density at radius 2 is 1.94 bits per heavy atom. The van der Waals surface area contributed by atoms with Gasteiger partial charge < -0.3 is 14.8 Å². The molecule has 1 aliphatic carbocycles. The van der Waals surface area contributed by atoms with E-state index in [0.29, 0.717) is 5.69 Å². The third kappa shape index (κ3) is 6.79. The number of amides is 2. The first-order valence-corrected chi connectivity index (χ1v) is 9.23. The van der Waals surface area contributed by atoms with Crippen molar-refractivity contribution in [1.29, 1.82) is 0 Å². The molecule has 0 atom stereocenters. The topological polar surface area (TPSA) is 102 Å². The molecule has 1 fully saturated rings. The molecule has 12 heteroatoms. The Bertz CT molecular complexity index is 980. The van der Waals surface area contributed by atoms with Gasteiger partial charge in [-0.1, -0.05) is 0 Å². The number of aryl methyl sites for hydroxylation is 1. The number of nitrogens with zero attached hydrogens (tertiary/aromatic N) is 2. The van der Waals surface area contributed by atoms with Gasteiger partial charge in [0.25, 0.3) is 5.91 Å². The summed E-state index contributed by atoms with van der Waals surface area (Å²) in [5.74, 6) is -3.00. The van der Waals surface area contributed by atoms with Gasteiger partial charge in [0.15, 0.2) is 11.6 Å². The van der Waals surface area contributed by atoms with E-state index in [4.69, 9.17) is 4.74 Å². The first-order chi connectivity index (χ1) is 14.6. The molecule has 3 rings (SSSR count). The summed E-state index contributed by atoms with van der Waals surface area (Å²) in [6.45, 7) is 1.57. The van der Waals surface area contributed by atoms with Crippen LogP contribution in [-0.2, 0) is 4.79 Å². The van der Waals surface area contributed by atoms with Crippen molar-refractivity contribution in [1.82, 2.24) is 15.3 Å². The summed E-state index contributed by atoms with van der Waals surface area (Å²) in [4.78, 5) is 32.2. The highest BCUT2D eigenvalue weighted by atomic mass is 19.4. The summed E-state index contributed by atoms with van der Waals surface area (Å²) in [6, 6.07) is 4.08. The fourth-order valence-corrected chi connectivity index (χ4v) is 2.50. The molecular weight excluding hydrogens is 424 g/mol. The molecule has 2 aromatic rings. The zero-order valence-corrected chi connectivity index (χ0v) is 16.3. The van der Waals surface area contributed by atoms with Crippen molar-refractivity contribution < 1.29 is 36.6 Å². The van der Waals surface area contributed by atoms with Gasteiger partial charge >= 0.3 is 6.36 Å². The highest BCUT2D eigenvalue weighted by molar-refractivity contribution is 5.95. The third-order valence-corrected chi connectivity index (χ3v) is 4.06. The summed E-state index contributed by atoms with van der Waals surface area (Å²) >= 11 is 0. The zero-order valence-electron chi connectivity index (χ0n) is 16.3. The lowest BCUT2D eigenvalue weighted by molar-refractivity contribution is -0.275. The Morgan fingerprint density at radius 1 is 1.19 bits per heavy atom. The molecule has 0 saturated heterocycles. The van der Waals surface area contributed by atoms with Gasteiger partial charge in [-0.25, -0.2) is 14.4 Å². The average molecular weight is 442 g/mol. The number of halogens is 4. The monoisotopic (exact) mass is 442 g/mol. The van der Waals surface area contributed by atoms with Crippen LogP contribution in [0.5, 0.6) is 11.5 Å². The number of alkyl halides is 3. The number of benzene rings is 1. The largest absolute Gasteiger partial charge is 0.573 e. The molecule has 0 radical (unpaired) electrons. The number of aromatic nitrogens is 2. The number of nitrogens with one attached hydrogen (secondary N) is 2. The lowest BCUT2D eigenvalue weighted by Gasteiger charge is -2.12. The molecule has 166 valence electrons. The quantitative estimate of drug-likeness (QED) is 0.482. The Hall–Kier alpha value is -3.44. The highest BCUT2D eigenvalue weighted by Gasteiger charge is 2.32. The van der Waals surface area contributed by atoms with E-state index in [1.807, 2.05) is 0 Å². The number of carbonyl (C=O) groups is 2. The van der Waals surface area contributed by atoms with Crippen LogP contribution in [-0.4, -0.2) is 41.3 Å². The summed E-state index contributed by atoms with van der Waals surface area (Å²) in [5.41, 5.74) is 0.525. The molecule has 0 aliphatic heterocycles. The van der Waals surface area contributed by atoms with Gasteiger partial charge in [0.1, 0.15) is 18.1 Å². The summed E-state index contributed by atoms with van der Waals surface area (Å²) in [6.07, 6.45) is -3.38. The van der Waals surface area contributed by atoms with E-state index in [1.165, 1.54) is 6.07 Å². The molecule has 2 N–H and O–H groups in total. The fourth-order valence-electron chi connectivity index (χ4n) is 2.50. The van der Waals surface area contributed by atoms with Crippen molar-refractivity contribution in [2.75, 3.05) is 18.5 Å². The lowest BCUT2D eigenvalue weighted by Crippen LogP contribution is -2.29. The van der Waals surface area contributed by atoms with Crippen molar-refractivity contribution in [3.8, 4) is 11.5 Å². The number of anilines is 1. The minimum Gasteiger partial charge on any atom is -0.492 e. The normalized spacial score (nSPS) is 13.5. The van der Waals surface area contributed by atoms with Crippen LogP contribution < -0.4 is 20.1 Å². The van der Waals surface area contributed by atoms with Crippen LogP contribution in [0.3, 0.4) is 0 Å². The van der Waals surface area contributed by atoms with E-state index in [2.05, 4.69) is 25.3 Å². The maximum absolute atomic E-state index is 13.6. The SMILES string of the molecule is Cc1cc(C(=O)NCCOc2ccc(OC(F)(F)F)c(F)c2)nc(NC(=O)C2CC2)n1. The molecule has 1 heterocycles. The number of carbonyl (C=O) groups excluding carboxylic acids is 2. The Kier molecular flexibility index (Phi) is 6.56. The van der Waals surface area contributed by atoms with E-state index >= 15 is 0 Å². The predicted molar refractivity (Wildman–Crippen MR) is 99.0 cm³/mol. The molecule has 8 nitrogen and oxygen atoms in total. The van der Waals surface area contributed by atoms with Crippen molar-refractivity contribution in [2.45, 2.75) is 26.1 Å². The highest BCUT2D eigenvalue weighted by Crippen LogP contribution is 2.30. The molecule has 1 aliphatic rings. The molecule has 2 amide bonds. The Morgan fingerprint density at radius 3 is 2.58 bits per heavy atom. The summed E-state index contributed by atoms with van der Waals surface area (Å²) < 4.78 is 58.8. The number of hydrogen-bond donors (Lipinski definition) is 2.